The van der Waals surface area contributed by atoms with E-state index in [-0.39, 0.29) is 24.4 Å². The summed E-state index contributed by atoms with van der Waals surface area (Å²) in [4.78, 5) is 16.6. The molecule has 1 aliphatic heterocycles. The van der Waals surface area contributed by atoms with Gasteiger partial charge < -0.3 is 4.90 Å². The van der Waals surface area contributed by atoms with E-state index in [9.17, 15) is 4.79 Å². The third kappa shape index (κ3) is 2.87. The highest BCUT2D eigenvalue weighted by molar-refractivity contribution is 9.10. The second-order valence-electron chi connectivity index (χ2n) is 5.16. The first-order valence-corrected chi connectivity index (χ1v) is 7.50. The maximum atomic E-state index is 12.8. The average molecular weight is 336 g/mol. The molecule has 1 aromatic rings. The minimum Gasteiger partial charge on any atom is -0.307 e. The van der Waals surface area contributed by atoms with Gasteiger partial charge >= 0.3 is 0 Å². The number of likely N-dealkylation sites (N-methyl/N-ethyl adjacent to an activating group) is 1. The van der Waals surface area contributed by atoms with Gasteiger partial charge in [0.25, 0.3) is 0 Å². The van der Waals surface area contributed by atoms with Crippen LogP contribution in [-0.2, 0) is 4.79 Å². The number of hydrogen-bond acceptors (Lipinski definition) is 3. The van der Waals surface area contributed by atoms with Crippen molar-refractivity contribution < 1.29 is 4.79 Å². The second-order valence-corrected chi connectivity index (χ2v) is 6.01. The number of anilines is 1. The maximum absolute atomic E-state index is 12.8. The van der Waals surface area contributed by atoms with Crippen LogP contribution in [0.15, 0.2) is 28.7 Å². The fourth-order valence-corrected chi connectivity index (χ4v) is 3.05. The highest BCUT2D eigenvalue weighted by Crippen LogP contribution is 2.31. The summed E-state index contributed by atoms with van der Waals surface area (Å²) in [6, 6.07) is 9.61. The van der Waals surface area contributed by atoms with Crippen molar-refractivity contribution in [2.45, 2.75) is 31.8 Å². The summed E-state index contributed by atoms with van der Waals surface area (Å²) >= 11 is 3.51. The van der Waals surface area contributed by atoms with E-state index in [0.717, 1.165) is 23.1 Å². The molecule has 0 bridgehead atoms. The van der Waals surface area contributed by atoms with Crippen LogP contribution in [0.2, 0.25) is 0 Å². The molecule has 0 N–H and O–H groups in total. The van der Waals surface area contributed by atoms with E-state index >= 15 is 0 Å². The maximum Gasteiger partial charge on any atom is 0.245 e. The Kier molecular flexibility index (Phi) is 4.79. The molecule has 5 heteroatoms. The van der Waals surface area contributed by atoms with Crippen molar-refractivity contribution in [1.29, 1.82) is 5.26 Å². The van der Waals surface area contributed by atoms with Crippen LogP contribution in [0.3, 0.4) is 0 Å². The van der Waals surface area contributed by atoms with E-state index < -0.39 is 0 Å². The molecule has 1 amide bonds. The number of nitrogens with zero attached hydrogens (tertiary/aromatic N) is 3. The average Bonchev–Trinajstić information content (AvgIpc) is 2.53. The van der Waals surface area contributed by atoms with Crippen LogP contribution in [0.25, 0.3) is 0 Å². The van der Waals surface area contributed by atoms with Crippen LogP contribution in [-0.4, -0.2) is 36.5 Å². The molecule has 1 heterocycles. The van der Waals surface area contributed by atoms with Gasteiger partial charge in [-0.25, -0.2) is 0 Å². The number of carbonyl (C=O) groups excluding carboxylic acids is 1. The number of halogens is 1. The van der Waals surface area contributed by atoms with Crippen LogP contribution in [0.1, 0.15) is 19.8 Å². The predicted molar refractivity (Wildman–Crippen MR) is 82.4 cm³/mol. The minimum atomic E-state index is -0.364. The molecule has 0 aromatic heterocycles. The molecule has 1 aromatic carbocycles. The molecule has 0 radical (unpaired) electrons. The molecule has 106 valence electrons. The fourth-order valence-electron chi connectivity index (χ4n) is 2.57. The monoisotopic (exact) mass is 335 g/mol. The summed E-state index contributed by atoms with van der Waals surface area (Å²) in [6.45, 7) is 2.88. The van der Waals surface area contributed by atoms with Crippen molar-refractivity contribution >= 4 is 27.5 Å². The summed E-state index contributed by atoms with van der Waals surface area (Å²) < 4.78 is 0.903. The van der Waals surface area contributed by atoms with Crippen molar-refractivity contribution in [3.63, 3.8) is 0 Å². The second kappa shape index (κ2) is 6.38. The zero-order valence-electron chi connectivity index (χ0n) is 11.7. The Labute approximate surface area is 128 Å². The van der Waals surface area contributed by atoms with Crippen LogP contribution in [0.4, 0.5) is 5.69 Å². The lowest BCUT2D eigenvalue weighted by Gasteiger charge is -2.30. The lowest BCUT2D eigenvalue weighted by Crippen LogP contribution is -2.46. The highest BCUT2D eigenvalue weighted by atomic mass is 79.9. The van der Waals surface area contributed by atoms with Crippen molar-refractivity contribution in [2.24, 2.45) is 0 Å². The molecule has 4 nitrogen and oxygen atoms in total. The molecule has 1 saturated heterocycles. The number of nitriles is 1. The Morgan fingerprint density at radius 1 is 1.45 bits per heavy atom. The minimum absolute atomic E-state index is 0.00551. The largest absolute Gasteiger partial charge is 0.307 e. The standard InChI is InChI=1S/C15H18BrN3O/c1-11-8-10-18(2)14(7-9-17)15(20)19(11)13-6-4-3-5-12(13)16/h3-6,11,14H,7-8,10H2,1-2H3. The Morgan fingerprint density at radius 2 is 2.15 bits per heavy atom. The number of para-hydroxylation sites is 1. The summed E-state index contributed by atoms with van der Waals surface area (Å²) in [5.74, 6) is 0.00551. The first-order valence-electron chi connectivity index (χ1n) is 6.71. The Balaban J connectivity index is 2.41. The van der Waals surface area contributed by atoms with Crippen molar-refractivity contribution in [3.05, 3.63) is 28.7 Å². The fraction of sp³-hybridized carbons (Fsp3) is 0.467. The zero-order chi connectivity index (χ0) is 14.7. The van der Waals surface area contributed by atoms with Crippen LogP contribution < -0.4 is 4.90 Å². The first kappa shape index (κ1) is 15.0. The Bertz CT molecular complexity index is 540. The van der Waals surface area contributed by atoms with Gasteiger partial charge in [0, 0.05) is 17.1 Å². The predicted octanol–water partition coefficient (Wildman–Crippen LogP) is 2.79. The van der Waals surface area contributed by atoms with Crippen molar-refractivity contribution in [3.8, 4) is 6.07 Å². The lowest BCUT2D eigenvalue weighted by atomic mass is 10.1. The third-order valence-corrected chi connectivity index (χ3v) is 4.46. The van der Waals surface area contributed by atoms with Crippen molar-refractivity contribution in [2.75, 3.05) is 18.5 Å². The topological polar surface area (TPSA) is 47.3 Å². The number of benzene rings is 1. The number of amides is 1. The number of rotatable bonds is 2. The van der Waals surface area contributed by atoms with Gasteiger partial charge in [0.05, 0.1) is 18.2 Å². The molecule has 0 spiro atoms. The van der Waals surface area contributed by atoms with Gasteiger partial charge in [0.15, 0.2) is 0 Å². The van der Waals surface area contributed by atoms with E-state index in [4.69, 9.17) is 5.26 Å². The molecule has 1 fully saturated rings. The van der Waals surface area contributed by atoms with E-state index in [2.05, 4.69) is 28.9 Å². The molecular formula is C15H18BrN3O. The molecule has 20 heavy (non-hydrogen) atoms. The summed E-state index contributed by atoms with van der Waals surface area (Å²) in [7, 11) is 1.91. The molecule has 2 unspecified atom stereocenters. The molecule has 0 aliphatic carbocycles. The Hall–Kier alpha value is -1.38. The summed E-state index contributed by atoms with van der Waals surface area (Å²) in [6.07, 6.45) is 1.12. The first-order chi connectivity index (χ1) is 9.56. The molecule has 2 rings (SSSR count). The quantitative estimate of drug-likeness (QED) is 0.834. The third-order valence-electron chi connectivity index (χ3n) is 3.79. The van der Waals surface area contributed by atoms with E-state index in [0.29, 0.717) is 0 Å². The smallest absolute Gasteiger partial charge is 0.245 e. The Morgan fingerprint density at radius 3 is 2.80 bits per heavy atom. The van der Waals surface area contributed by atoms with Gasteiger partial charge in [-0.1, -0.05) is 12.1 Å². The van der Waals surface area contributed by atoms with Gasteiger partial charge in [0.2, 0.25) is 5.91 Å². The van der Waals surface area contributed by atoms with E-state index in [1.54, 1.807) is 0 Å². The zero-order valence-corrected chi connectivity index (χ0v) is 13.3. The lowest BCUT2D eigenvalue weighted by molar-refractivity contribution is -0.122. The van der Waals surface area contributed by atoms with Crippen molar-refractivity contribution in [1.82, 2.24) is 4.90 Å². The van der Waals surface area contributed by atoms with Crippen LogP contribution in [0.5, 0.6) is 0 Å². The summed E-state index contributed by atoms with van der Waals surface area (Å²) in [5.41, 5.74) is 0.878. The molecule has 2 atom stereocenters. The number of carbonyl (C=O) groups is 1. The molecule has 0 saturated carbocycles. The van der Waals surface area contributed by atoms with Gasteiger partial charge in [-0.05, 0) is 48.5 Å². The summed E-state index contributed by atoms with van der Waals surface area (Å²) in [5, 5.41) is 8.97. The van der Waals surface area contributed by atoms with E-state index in [1.165, 1.54) is 0 Å². The van der Waals surface area contributed by atoms with Crippen LogP contribution in [0, 0.1) is 11.3 Å². The highest BCUT2D eigenvalue weighted by Gasteiger charge is 2.35. The normalized spacial score (nSPS) is 24.3. The SMILES string of the molecule is CC1CCN(C)C(CC#N)C(=O)N1c1ccccc1Br. The number of hydrogen-bond donors (Lipinski definition) is 0. The molecular weight excluding hydrogens is 318 g/mol. The molecule has 1 aliphatic rings. The van der Waals surface area contributed by atoms with Gasteiger partial charge in [-0.3, -0.25) is 9.69 Å². The van der Waals surface area contributed by atoms with E-state index in [1.807, 2.05) is 41.1 Å². The van der Waals surface area contributed by atoms with Crippen LogP contribution >= 0.6 is 15.9 Å². The van der Waals surface area contributed by atoms with Gasteiger partial charge in [-0.2, -0.15) is 5.26 Å². The van der Waals surface area contributed by atoms with Gasteiger partial charge in [0.1, 0.15) is 6.04 Å². The van der Waals surface area contributed by atoms with Gasteiger partial charge in [-0.15, -0.1) is 0 Å².